The van der Waals surface area contributed by atoms with E-state index in [2.05, 4.69) is 15.9 Å². The number of nitrogens with zero attached hydrogens (tertiary/aromatic N) is 1. The molecule has 0 bridgehead atoms. The lowest BCUT2D eigenvalue weighted by Crippen LogP contribution is -2.35. The van der Waals surface area contributed by atoms with Crippen molar-refractivity contribution in [3.63, 3.8) is 0 Å². The summed E-state index contributed by atoms with van der Waals surface area (Å²) in [6.07, 6.45) is 1.53. The first-order chi connectivity index (χ1) is 7.66. The highest BCUT2D eigenvalue weighted by Gasteiger charge is 2.26. The largest absolute Gasteiger partial charge is 0.452 e. The molecule has 0 aliphatic carbocycles. The minimum atomic E-state index is -0.261. The van der Waals surface area contributed by atoms with Gasteiger partial charge in [0, 0.05) is 13.7 Å². The third-order valence-electron chi connectivity index (χ3n) is 2.60. The molecule has 1 aromatic heterocycles. The predicted molar refractivity (Wildman–Crippen MR) is 61.9 cm³/mol. The van der Waals surface area contributed by atoms with Crippen LogP contribution in [-0.2, 0) is 16.1 Å². The molecule has 1 aliphatic heterocycles. The summed E-state index contributed by atoms with van der Waals surface area (Å²) >= 11 is 3.23. The highest BCUT2D eigenvalue weighted by molar-refractivity contribution is 9.10. The summed E-state index contributed by atoms with van der Waals surface area (Å²) in [5.74, 6) is 0.797. The van der Waals surface area contributed by atoms with E-state index >= 15 is 0 Å². The summed E-state index contributed by atoms with van der Waals surface area (Å²) in [5, 5.41) is 0. The van der Waals surface area contributed by atoms with Gasteiger partial charge in [0.2, 0.25) is 0 Å². The van der Waals surface area contributed by atoms with Crippen molar-refractivity contribution in [2.24, 2.45) is 0 Å². The summed E-state index contributed by atoms with van der Waals surface area (Å²) in [5.41, 5.74) is 0. The molecule has 0 unspecified atom stereocenters. The average Bonchev–Trinajstić information content (AvgIpc) is 2.88. The second-order valence-electron chi connectivity index (χ2n) is 3.90. The third kappa shape index (κ3) is 2.65. The van der Waals surface area contributed by atoms with Gasteiger partial charge in [-0.3, -0.25) is 4.79 Å². The van der Waals surface area contributed by atoms with Crippen molar-refractivity contribution in [2.45, 2.75) is 25.5 Å². The number of halogens is 1. The van der Waals surface area contributed by atoms with Crippen LogP contribution in [0.5, 0.6) is 0 Å². The highest BCUT2D eigenvalue weighted by atomic mass is 79.9. The summed E-state index contributed by atoms with van der Waals surface area (Å²) in [6.45, 7) is 1.17. The van der Waals surface area contributed by atoms with Crippen molar-refractivity contribution in [1.29, 1.82) is 0 Å². The Kier molecular flexibility index (Phi) is 3.66. The van der Waals surface area contributed by atoms with Gasteiger partial charge in [-0.25, -0.2) is 0 Å². The number of hydrogen-bond acceptors (Lipinski definition) is 3. The summed E-state index contributed by atoms with van der Waals surface area (Å²) in [7, 11) is 1.76. The Morgan fingerprint density at radius 2 is 2.44 bits per heavy atom. The molecule has 0 N–H and O–H groups in total. The third-order valence-corrected chi connectivity index (χ3v) is 3.03. The fourth-order valence-electron chi connectivity index (χ4n) is 1.77. The van der Waals surface area contributed by atoms with Gasteiger partial charge in [0.15, 0.2) is 4.67 Å². The second kappa shape index (κ2) is 5.01. The van der Waals surface area contributed by atoms with E-state index in [9.17, 15) is 4.79 Å². The quantitative estimate of drug-likeness (QED) is 0.856. The van der Waals surface area contributed by atoms with E-state index < -0.39 is 0 Å². The van der Waals surface area contributed by atoms with E-state index in [1.807, 2.05) is 12.1 Å². The van der Waals surface area contributed by atoms with Crippen molar-refractivity contribution in [3.05, 3.63) is 22.6 Å². The number of ether oxygens (including phenoxy) is 1. The molecule has 2 rings (SSSR count). The SMILES string of the molecule is CN(Cc1ccc(Br)o1)C(=O)[C@H]1CCCO1. The van der Waals surface area contributed by atoms with Crippen LogP contribution in [0.4, 0.5) is 0 Å². The number of furan rings is 1. The maximum atomic E-state index is 11.9. The molecular weight excluding hydrogens is 274 g/mol. The predicted octanol–water partition coefficient (Wildman–Crippen LogP) is 2.18. The van der Waals surface area contributed by atoms with E-state index in [0.717, 1.165) is 18.6 Å². The van der Waals surface area contributed by atoms with E-state index in [4.69, 9.17) is 9.15 Å². The zero-order chi connectivity index (χ0) is 11.5. The molecule has 4 nitrogen and oxygen atoms in total. The van der Waals surface area contributed by atoms with Gasteiger partial charge in [-0.2, -0.15) is 0 Å². The van der Waals surface area contributed by atoms with E-state index in [0.29, 0.717) is 17.8 Å². The maximum absolute atomic E-state index is 11.9. The van der Waals surface area contributed by atoms with Gasteiger partial charge in [0.05, 0.1) is 6.54 Å². The Morgan fingerprint density at radius 3 is 3.00 bits per heavy atom. The molecule has 1 amide bonds. The Balaban J connectivity index is 1.91. The van der Waals surface area contributed by atoms with Crippen LogP contribution in [0.2, 0.25) is 0 Å². The molecule has 0 saturated carbocycles. The summed E-state index contributed by atoms with van der Waals surface area (Å²) < 4.78 is 11.4. The van der Waals surface area contributed by atoms with E-state index in [-0.39, 0.29) is 12.0 Å². The zero-order valence-corrected chi connectivity index (χ0v) is 10.7. The molecule has 1 aromatic rings. The van der Waals surface area contributed by atoms with Crippen molar-refractivity contribution in [1.82, 2.24) is 4.90 Å². The lowest BCUT2D eigenvalue weighted by molar-refractivity contribution is -0.140. The minimum absolute atomic E-state index is 0.0324. The molecule has 0 radical (unpaired) electrons. The number of amides is 1. The van der Waals surface area contributed by atoms with Gasteiger partial charge in [-0.15, -0.1) is 0 Å². The van der Waals surface area contributed by atoms with Crippen LogP contribution in [0, 0.1) is 0 Å². The number of rotatable bonds is 3. The molecular formula is C11H14BrNO3. The molecule has 1 aliphatic rings. The molecule has 5 heteroatoms. The average molecular weight is 288 g/mol. The van der Waals surface area contributed by atoms with Crippen LogP contribution in [0.25, 0.3) is 0 Å². The molecule has 0 spiro atoms. The normalized spacial score (nSPS) is 20.0. The van der Waals surface area contributed by atoms with Gasteiger partial charge >= 0.3 is 0 Å². The molecule has 16 heavy (non-hydrogen) atoms. The smallest absolute Gasteiger partial charge is 0.251 e. The zero-order valence-electron chi connectivity index (χ0n) is 9.11. The molecule has 2 heterocycles. The maximum Gasteiger partial charge on any atom is 0.251 e. The van der Waals surface area contributed by atoms with Crippen LogP contribution in [0.15, 0.2) is 21.2 Å². The second-order valence-corrected chi connectivity index (χ2v) is 4.68. The monoisotopic (exact) mass is 287 g/mol. The Labute approximate surface area is 103 Å². The van der Waals surface area contributed by atoms with Crippen molar-refractivity contribution in [3.8, 4) is 0 Å². The fourth-order valence-corrected chi connectivity index (χ4v) is 2.11. The first-order valence-electron chi connectivity index (χ1n) is 5.27. The molecule has 0 aromatic carbocycles. The Bertz CT molecular complexity index is 371. The van der Waals surface area contributed by atoms with E-state index in [1.54, 1.807) is 11.9 Å². The van der Waals surface area contributed by atoms with Gasteiger partial charge in [-0.05, 0) is 40.9 Å². The number of carbonyl (C=O) groups is 1. The van der Waals surface area contributed by atoms with Crippen molar-refractivity contribution < 1.29 is 13.9 Å². The first-order valence-corrected chi connectivity index (χ1v) is 6.07. The minimum Gasteiger partial charge on any atom is -0.452 e. The Hall–Kier alpha value is -0.810. The standard InChI is InChI=1S/C11H14BrNO3/c1-13(7-8-4-5-10(12)16-8)11(14)9-3-2-6-15-9/h4-5,9H,2-3,6-7H2,1H3/t9-/m1/s1. The number of hydrogen-bond donors (Lipinski definition) is 0. The number of likely N-dealkylation sites (N-methyl/N-ethyl adjacent to an activating group) is 1. The molecule has 1 saturated heterocycles. The van der Waals surface area contributed by atoms with Crippen LogP contribution in [0.1, 0.15) is 18.6 Å². The van der Waals surface area contributed by atoms with Gasteiger partial charge in [0.25, 0.3) is 5.91 Å². The fraction of sp³-hybridized carbons (Fsp3) is 0.545. The van der Waals surface area contributed by atoms with Gasteiger partial charge in [-0.1, -0.05) is 0 Å². The lowest BCUT2D eigenvalue weighted by atomic mass is 10.2. The molecule has 1 atom stereocenters. The molecule has 1 fully saturated rings. The summed E-state index contributed by atoms with van der Waals surface area (Å²) in [6, 6.07) is 3.67. The van der Waals surface area contributed by atoms with Gasteiger partial charge in [0.1, 0.15) is 11.9 Å². The van der Waals surface area contributed by atoms with Crippen LogP contribution in [-0.4, -0.2) is 30.6 Å². The molecule has 88 valence electrons. The van der Waals surface area contributed by atoms with E-state index in [1.165, 1.54) is 0 Å². The van der Waals surface area contributed by atoms with Crippen molar-refractivity contribution >= 4 is 21.8 Å². The van der Waals surface area contributed by atoms with Crippen LogP contribution >= 0.6 is 15.9 Å². The van der Waals surface area contributed by atoms with Gasteiger partial charge < -0.3 is 14.1 Å². The highest BCUT2D eigenvalue weighted by Crippen LogP contribution is 2.18. The lowest BCUT2D eigenvalue weighted by Gasteiger charge is -2.19. The van der Waals surface area contributed by atoms with Crippen molar-refractivity contribution in [2.75, 3.05) is 13.7 Å². The topological polar surface area (TPSA) is 42.7 Å². The van der Waals surface area contributed by atoms with Crippen LogP contribution < -0.4 is 0 Å². The van der Waals surface area contributed by atoms with Crippen LogP contribution in [0.3, 0.4) is 0 Å². The summed E-state index contributed by atoms with van der Waals surface area (Å²) in [4.78, 5) is 13.5. The number of carbonyl (C=O) groups excluding carboxylic acids is 1. The Morgan fingerprint density at radius 1 is 1.62 bits per heavy atom. The first kappa shape index (κ1) is 11.7.